The third kappa shape index (κ3) is 3.94. The van der Waals surface area contributed by atoms with Crippen LogP contribution in [-0.4, -0.2) is 31.3 Å². The van der Waals surface area contributed by atoms with Crippen molar-refractivity contribution in [3.63, 3.8) is 0 Å². The molecule has 7 heteroatoms. The van der Waals surface area contributed by atoms with Crippen LogP contribution in [0.5, 0.6) is 0 Å². The number of sulfone groups is 1. The number of anilines is 2. The topological polar surface area (TPSA) is 102 Å². The van der Waals surface area contributed by atoms with Crippen molar-refractivity contribution in [2.45, 2.75) is 0 Å². The second-order valence-corrected chi connectivity index (χ2v) is 5.20. The highest BCUT2D eigenvalue weighted by Crippen LogP contribution is 2.12. The van der Waals surface area contributed by atoms with Crippen LogP contribution in [0.3, 0.4) is 0 Å². The lowest BCUT2D eigenvalue weighted by Crippen LogP contribution is -2.22. The van der Waals surface area contributed by atoms with Gasteiger partial charge in [-0.1, -0.05) is 0 Å². The maximum atomic E-state index is 11.2. The zero-order valence-corrected chi connectivity index (χ0v) is 8.91. The lowest BCUT2D eigenvalue weighted by atomic mass is 10.4. The SMILES string of the molecule is CS(=O)(=O)CC(=O)Nc1ncccc1N. The molecule has 1 rings (SSSR count). The number of nitrogen functional groups attached to an aromatic ring is 1. The molecular formula is C8H11N3O3S. The molecule has 6 nitrogen and oxygen atoms in total. The molecule has 0 atom stereocenters. The van der Waals surface area contributed by atoms with Gasteiger partial charge in [-0.2, -0.15) is 0 Å². The van der Waals surface area contributed by atoms with Gasteiger partial charge in [-0.3, -0.25) is 4.79 Å². The molecule has 0 spiro atoms. The molecule has 0 aliphatic carbocycles. The van der Waals surface area contributed by atoms with E-state index in [2.05, 4.69) is 10.3 Å². The highest BCUT2D eigenvalue weighted by Gasteiger charge is 2.12. The summed E-state index contributed by atoms with van der Waals surface area (Å²) in [6, 6.07) is 3.17. The van der Waals surface area contributed by atoms with Gasteiger partial charge in [0.1, 0.15) is 5.75 Å². The van der Waals surface area contributed by atoms with Crippen molar-refractivity contribution in [1.29, 1.82) is 0 Å². The van der Waals surface area contributed by atoms with Crippen LogP contribution in [0.1, 0.15) is 0 Å². The Balaban J connectivity index is 2.72. The Bertz CT molecular complexity index is 470. The summed E-state index contributed by atoms with van der Waals surface area (Å²) >= 11 is 0. The molecule has 0 bridgehead atoms. The number of hydrogen-bond donors (Lipinski definition) is 2. The van der Waals surface area contributed by atoms with Crippen LogP contribution in [0, 0.1) is 0 Å². The van der Waals surface area contributed by atoms with E-state index in [1.54, 1.807) is 12.1 Å². The summed E-state index contributed by atoms with van der Waals surface area (Å²) in [4.78, 5) is 15.0. The molecule has 0 aromatic carbocycles. The minimum Gasteiger partial charge on any atom is -0.396 e. The zero-order valence-electron chi connectivity index (χ0n) is 8.10. The molecule has 0 aliphatic rings. The van der Waals surface area contributed by atoms with Crippen molar-refractivity contribution < 1.29 is 13.2 Å². The van der Waals surface area contributed by atoms with Gasteiger partial charge < -0.3 is 11.1 Å². The van der Waals surface area contributed by atoms with Gasteiger partial charge in [0.25, 0.3) is 0 Å². The average molecular weight is 229 g/mol. The van der Waals surface area contributed by atoms with E-state index in [-0.39, 0.29) is 5.82 Å². The number of nitrogens with one attached hydrogen (secondary N) is 1. The molecule has 1 aromatic heterocycles. The number of amides is 1. The van der Waals surface area contributed by atoms with Gasteiger partial charge >= 0.3 is 0 Å². The van der Waals surface area contributed by atoms with E-state index in [1.165, 1.54) is 6.20 Å². The van der Waals surface area contributed by atoms with E-state index in [9.17, 15) is 13.2 Å². The van der Waals surface area contributed by atoms with Crippen LogP contribution >= 0.6 is 0 Å². The molecule has 82 valence electrons. The lowest BCUT2D eigenvalue weighted by Gasteiger charge is -2.05. The predicted octanol–water partition coefficient (Wildman–Crippen LogP) is -0.353. The summed E-state index contributed by atoms with van der Waals surface area (Å²) in [6.07, 6.45) is 2.43. The highest BCUT2D eigenvalue weighted by molar-refractivity contribution is 7.91. The van der Waals surface area contributed by atoms with Gasteiger partial charge in [0, 0.05) is 12.5 Å². The number of aromatic nitrogens is 1. The maximum Gasteiger partial charge on any atom is 0.240 e. The summed E-state index contributed by atoms with van der Waals surface area (Å²) < 4.78 is 21.6. The fourth-order valence-electron chi connectivity index (χ4n) is 0.928. The third-order valence-corrected chi connectivity index (χ3v) is 2.28. The molecule has 0 saturated heterocycles. The first-order valence-corrected chi connectivity index (χ1v) is 6.12. The van der Waals surface area contributed by atoms with E-state index in [0.29, 0.717) is 5.69 Å². The molecule has 1 amide bonds. The normalized spacial score (nSPS) is 11.0. The molecule has 0 radical (unpaired) electrons. The van der Waals surface area contributed by atoms with Gasteiger partial charge in [0.15, 0.2) is 15.7 Å². The smallest absolute Gasteiger partial charge is 0.240 e. The van der Waals surface area contributed by atoms with Crippen molar-refractivity contribution in [1.82, 2.24) is 4.98 Å². The van der Waals surface area contributed by atoms with Gasteiger partial charge in [0.2, 0.25) is 5.91 Å². The van der Waals surface area contributed by atoms with Gasteiger partial charge in [-0.15, -0.1) is 0 Å². The summed E-state index contributed by atoms with van der Waals surface area (Å²) in [5.74, 6) is -1.06. The number of pyridine rings is 1. The van der Waals surface area contributed by atoms with Gasteiger partial charge in [0.05, 0.1) is 5.69 Å². The number of rotatable bonds is 3. The van der Waals surface area contributed by atoms with Crippen molar-refractivity contribution in [2.75, 3.05) is 23.1 Å². The molecule has 1 heterocycles. The van der Waals surface area contributed by atoms with E-state index in [1.807, 2.05) is 0 Å². The number of nitrogens with two attached hydrogens (primary N) is 1. The molecule has 3 N–H and O–H groups in total. The van der Waals surface area contributed by atoms with Gasteiger partial charge in [-0.25, -0.2) is 13.4 Å². The standard InChI is InChI=1S/C8H11N3O3S/c1-15(13,14)5-7(12)11-8-6(9)3-2-4-10-8/h2-4H,5,9H2,1H3,(H,10,11,12). The Morgan fingerprint density at radius 1 is 1.60 bits per heavy atom. The second-order valence-electron chi connectivity index (χ2n) is 3.06. The van der Waals surface area contributed by atoms with E-state index >= 15 is 0 Å². The predicted molar refractivity (Wildman–Crippen MR) is 57.0 cm³/mol. The van der Waals surface area contributed by atoms with Crippen LogP contribution < -0.4 is 11.1 Å². The highest BCUT2D eigenvalue weighted by atomic mass is 32.2. The summed E-state index contributed by atoms with van der Waals surface area (Å²) in [5, 5.41) is 2.31. The quantitative estimate of drug-likeness (QED) is 0.737. The number of nitrogens with zero attached hydrogens (tertiary/aromatic N) is 1. The minimum absolute atomic E-state index is 0.172. The van der Waals surface area contributed by atoms with Crippen LogP contribution in [0.15, 0.2) is 18.3 Å². The van der Waals surface area contributed by atoms with Crippen LogP contribution in [0.4, 0.5) is 11.5 Å². The fourth-order valence-corrected chi connectivity index (χ4v) is 1.48. The molecule has 0 saturated carbocycles. The maximum absolute atomic E-state index is 11.2. The van der Waals surface area contributed by atoms with E-state index in [4.69, 9.17) is 5.73 Å². The Morgan fingerprint density at radius 3 is 2.80 bits per heavy atom. The zero-order chi connectivity index (χ0) is 11.5. The lowest BCUT2D eigenvalue weighted by molar-refractivity contribution is -0.113. The molecule has 1 aromatic rings. The molecule has 15 heavy (non-hydrogen) atoms. The van der Waals surface area contributed by atoms with Crippen molar-refractivity contribution in [2.24, 2.45) is 0 Å². The van der Waals surface area contributed by atoms with Crippen molar-refractivity contribution in [3.8, 4) is 0 Å². The Kier molecular flexibility index (Phi) is 3.25. The molecule has 0 aliphatic heterocycles. The summed E-state index contributed by atoms with van der Waals surface area (Å²) in [7, 11) is -3.34. The van der Waals surface area contributed by atoms with Crippen LogP contribution in [-0.2, 0) is 14.6 Å². The van der Waals surface area contributed by atoms with Crippen LogP contribution in [0.25, 0.3) is 0 Å². The number of hydrogen-bond acceptors (Lipinski definition) is 5. The molecule has 0 unspecified atom stereocenters. The first-order chi connectivity index (χ1) is 6.88. The first-order valence-electron chi connectivity index (χ1n) is 4.06. The monoisotopic (exact) mass is 229 g/mol. The second kappa shape index (κ2) is 4.26. The largest absolute Gasteiger partial charge is 0.396 e. The van der Waals surface area contributed by atoms with E-state index < -0.39 is 21.5 Å². The van der Waals surface area contributed by atoms with Gasteiger partial charge in [-0.05, 0) is 12.1 Å². The van der Waals surface area contributed by atoms with E-state index in [0.717, 1.165) is 6.26 Å². The summed E-state index contributed by atoms with van der Waals surface area (Å²) in [5.41, 5.74) is 5.80. The molecular weight excluding hydrogens is 218 g/mol. The Hall–Kier alpha value is -1.63. The van der Waals surface area contributed by atoms with Crippen molar-refractivity contribution >= 4 is 27.2 Å². The van der Waals surface area contributed by atoms with Crippen molar-refractivity contribution in [3.05, 3.63) is 18.3 Å². The number of carbonyl (C=O) groups excluding carboxylic acids is 1. The first kappa shape index (κ1) is 11.4. The Morgan fingerprint density at radius 2 is 2.27 bits per heavy atom. The fraction of sp³-hybridized carbons (Fsp3) is 0.250. The van der Waals surface area contributed by atoms with Crippen LogP contribution in [0.2, 0.25) is 0 Å². The molecule has 0 fully saturated rings. The minimum atomic E-state index is -3.34. The average Bonchev–Trinajstić information content (AvgIpc) is 2.05. The third-order valence-electron chi connectivity index (χ3n) is 1.49. The Labute approximate surface area is 87.4 Å². The summed E-state index contributed by atoms with van der Waals surface area (Å²) in [6.45, 7) is 0. The number of carbonyl (C=O) groups is 1.